The van der Waals surface area contributed by atoms with Crippen molar-refractivity contribution in [2.75, 3.05) is 0 Å². The molecule has 1 rings (SSSR count). The van der Waals surface area contributed by atoms with Crippen molar-refractivity contribution in [2.24, 2.45) is 18.7 Å². The Morgan fingerprint density at radius 3 is 2.42 bits per heavy atom. The van der Waals surface area contributed by atoms with Crippen LogP contribution in [0, 0.1) is 19.8 Å². The number of nitrogens with zero attached hydrogens (tertiary/aromatic N) is 2. The molecular weight excluding hydrogens is 264 g/mol. The van der Waals surface area contributed by atoms with E-state index in [0.717, 1.165) is 17.0 Å². The molecule has 1 aromatic heterocycles. The summed E-state index contributed by atoms with van der Waals surface area (Å²) in [6.07, 6.45) is 0.705. The molecular formula is C13H25ClN4O. The molecule has 1 aromatic rings. The van der Waals surface area contributed by atoms with Gasteiger partial charge in [-0.1, -0.05) is 13.8 Å². The Bertz CT molecular complexity index is 429. The van der Waals surface area contributed by atoms with E-state index in [1.54, 1.807) is 0 Å². The Morgan fingerprint density at radius 1 is 1.42 bits per heavy atom. The zero-order chi connectivity index (χ0) is 13.9. The molecule has 110 valence electrons. The molecule has 5 nitrogen and oxygen atoms in total. The first-order valence-corrected chi connectivity index (χ1v) is 6.35. The zero-order valence-corrected chi connectivity index (χ0v) is 13.2. The van der Waals surface area contributed by atoms with E-state index in [0.29, 0.717) is 18.9 Å². The van der Waals surface area contributed by atoms with Gasteiger partial charge in [0.1, 0.15) is 0 Å². The minimum absolute atomic E-state index is 0. The maximum Gasteiger partial charge on any atom is 0.237 e. The number of rotatable bonds is 5. The van der Waals surface area contributed by atoms with Crippen molar-refractivity contribution in [1.82, 2.24) is 15.1 Å². The fourth-order valence-corrected chi connectivity index (χ4v) is 1.99. The summed E-state index contributed by atoms with van der Waals surface area (Å²) in [7, 11) is 1.90. The van der Waals surface area contributed by atoms with Crippen molar-refractivity contribution in [2.45, 2.75) is 46.7 Å². The largest absolute Gasteiger partial charge is 0.351 e. The van der Waals surface area contributed by atoms with Crippen LogP contribution in [0.15, 0.2) is 0 Å². The average Bonchev–Trinajstić information content (AvgIpc) is 2.49. The van der Waals surface area contributed by atoms with Crippen molar-refractivity contribution >= 4 is 18.3 Å². The van der Waals surface area contributed by atoms with E-state index >= 15 is 0 Å². The molecule has 0 aliphatic rings. The van der Waals surface area contributed by atoms with Crippen LogP contribution in [0.5, 0.6) is 0 Å². The van der Waals surface area contributed by atoms with E-state index in [4.69, 9.17) is 5.73 Å². The van der Waals surface area contributed by atoms with Crippen LogP contribution < -0.4 is 11.1 Å². The Balaban J connectivity index is 0.00000324. The van der Waals surface area contributed by atoms with Crippen LogP contribution in [-0.4, -0.2) is 21.7 Å². The highest BCUT2D eigenvalue weighted by molar-refractivity contribution is 5.85. The van der Waals surface area contributed by atoms with E-state index in [2.05, 4.69) is 24.3 Å². The highest BCUT2D eigenvalue weighted by Gasteiger charge is 2.16. The molecule has 6 heteroatoms. The minimum atomic E-state index is -0.428. The van der Waals surface area contributed by atoms with Gasteiger partial charge < -0.3 is 11.1 Å². The Kier molecular flexibility index (Phi) is 7.08. The molecule has 0 unspecified atom stereocenters. The highest BCUT2D eigenvalue weighted by atomic mass is 35.5. The van der Waals surface area contributed by atoms with Gasteiger partial charge in [0.2, 0.25) is 5.91 Å². The van der Waals surface area contributed by atoms with Crippen molar-refractivity contribution in [3.05, 3.63) is 17.0 Å². The number of halogens is 1. The van der Waals surface area contributed by atoms with Crippen LogP contribution in [0.3, 0.4) is 0 Å². The molecule has 0 aromatic carbocycles. The predicted molar refractivity (Wildman–Crippen MR) is 79.2 cm³/mol. The SMILES string of the molecule is Cc1nn(C)c(C)c1CNC(=O)[C@@H](N)CC(C)C.Cl. The third kappa shape index (κ3) is 4.84. The monoisotopic (exact) mass is 288 g/mol. The summed E-state index contributed by atoms with van der Waals surface area (Å²) in [5.41, 5.74) is 8.93. The van der Waals surface area contributed by atoms with Gasteiger partial charge in [0, 0.05) is 24.8 Å². The van der Waals surface area contributed by atoms with Gasteiger partial charge in [0.25, 0.3) is 0 Å². The van der Waals surface area contributed by atoms with Crippen LogP contribution >= 0.6 is 12.4 Å². The van der Waals surface area contributed by atoms with Gasteiger partial charge in [-0.05, 0) is 26.2 Å². The van der Waals surface area contributed by atoms with E-state index in [1.165, 1.54) is 0 Å². The number of carbonyl (C=O) groups is 1. The molecule has 19 heavy (non-hydrogen) atoms. The standard InChI is InChI=1S/C13H24N4O.ClH/c1-8(2)6-12(14)13(18)15-7-11-9(3)16-17(5)10(11)4;/h8,12H,6-7,14H2,1-5H3,(H,15,18);1H/t12-;/m0./s1. The molecule has 0 fully saturated rings. The molecule has 0 saturated carbocycles. The summed E-state index contributed by atoms with van der Waals surface area (Å²) in [6, 6.07) is -0.428. The van der Waals surface area contributed by atoms with Crippen molar-refractivity contribution < 1.29 is 4.79 Å². The van der Waals surface area contributed by atoms with Gasteiger partial charge in [-0.15, -0.1) is 12.4 Å². The van der Waals surface area contributed by atoms with Crippen LogP contribution in [0.4, 0.5) is 0 Å². The number of amides is 1. The quantitative estimate of drug-likeness (QED) is 0.861. The molecule has 1 amide bonds. The molecule has 0 aliphatic carbocycles. The summed E-state index contributed by atoms with van der Waals surface area (Å²) < 4.78 is 1.82. The number of carbonyl (C=O) groups excluding carboxylic acids is 1. The molecule has 1 atom stereocenters. The van der Waals surface area contributed by atoms with Crippen LogP contribution in [0.2, 0.25) is 0 Å². The Hall–Kier alpha value is -1.07. The lowest BCUT2D eigenvalue weighted by molar-refractivity contribution is -0.122. The fourth-order valence-electron chi connectivity index (χ4n) is 1.99. The molecule has 0 spiro atoms. The highest BCUT2D eigenvalue weighted by Crippen LogP contribution is 2.11. The van der Waals surface area contributed by atoms with Crippen LogP contribution in [0.1, 0.15) is 37.2 Å². The van der Waals surface area contributed by atoms with Crippen LogP contribution in [-0.2, 0) is 18.4 Å². The number of nitrogens with one attached hydrogen (secondary N) is 1. The number of nitrogens with two attached hydrogens (primary N) is 1. The first-order valence-electron chi connectivity index (χ1n) is 6.35. The maximum absolute atomic E-state index is 11.8. The zero-order valence-electron chi connectivity index (χ0n) is 12.4. The predicted octanol–water partition coefficient (Wildman–Crippen LogP) is 1.45. The third-order valence-electron chi connectivity index (χ3n) is 3.16. The van der Waals surface area contributed by atoms with E-state index in [-0.39, 0.29) is 18.3 Å². The summed E-state index contributed by atoms with van der Waals surface area (Å²) >= 11 is 0. The molecule has 0 saturated heterocycles. The second-order valence-electron chi connectivity index (χ2n) is 5.23. The van der Waals surface area contributed by atoms with Gasteiger partial charge in [0.05, 0.1) is 11.7 Å². The van der Waals surface area contributed by atoms with Crippen molar-refractivity contribution in [1.29, 1.82) is 0 Å². The van der Waals surface area contributed by atoms with Crippen molar-refractivity contribution in [3.63, 3.8) is 0 Å². The summed E-state index contributed by atoms with van der Waals surface area (Å²) in [5, 5.41) is 7.20. The third-order valence-corrected chi connectivity index (χ3v) is 3.16. The topological polar surface area (TPSA) is 72.9 Å². The minimum Gasteiger partial charge on any atom is -0.351 e. The molecule has 1 heterocycles. The van der Waals surface area contributed by atoms with Gasteiger partial charge in [-0.25, -0.2) is 0 Å². The lowest BCUT2D eigenvalue weighted by Gasteiger charge is -2.14. The van der Waals surface area contributed by atoms with E-state index in [9.17, 15) is 4.79 Å². The Morgan fingerprint density at radius 2 is 2.00 bits per heavy atom. The Labute approximate surface area is 121 Å². The number of aryl methyl sites for hydroxylation is 2. The van der Waals surface area contributed by atoms with Crippen molar-refractivity contribution in [3.8, 4) is 0 Å². The van der Waals surface area contributed by atoms with Gasteiger partial charge in [-0.3, -0.25) is 9.48 Å². The van der Waals surface area contributed by atoms with Gasteiger partial charge in [0.15, 0.2) is 0 Å². The van der Waals surface area contributed by atoms with E-state index in [1.807, 2.05) is 25.6 Å². The second kappa shape index (κ2) is 7.50. The average molecular weight is 289 g/mol. The fraction of sp³-hybridized carbons (Fsp3) is 0.692. The van der Waals surface area contributed by atoms with Crippen LogP contribution in [0.25, 0.3) is 0 Å². The molecule has 0 aliphatic heterocycles. The normalized spacial score (nSPS) is 12.2. The number of hydrogen-bond donors (Lipinski definition) is 2. The first kappa shape index (κ1) is 17.9. The first-order chi connectivity index (χ1) is 8.32. The number of hydrogen-bond acceptors (Lipinski definition) is 3. The molecule has 0 radical (unpaired) electrons. The van der Waals surface area contributed by atoms with E-state index < -0.39 is 6.04 Å². The smallest absolute Gasteiger partial charge is 0.237 e. The second-order valence-corrected chi connectivity index (χ2v) is 5.23. The maximum atomic E-state index is 11.8. The van der Waals surface area contributed by atoms with Gasteiger partial charge in [-0.2, -0.15) is 5.10 Å². The summed E-state index contributed by atoms with van der Waals surface area (Å²) in [4.78, 5) is 11.8. The lowest BCUT2D eigenvalue weighted by Crippen LogP contribution is -2.41. The lowest BCUT2D eigenvalue weighted by atomic mass is 10.0. The van der Waals surface area contributed by atoms with Gasteiger partial charge >= 0.3 is 0 Å². The summed E-state index contributed by atoms with van der Waals surface area (Å²) in [5.74, 6) is 0.332. The number of aromatic nitrogens is 2. The summed E-state index contributed by atoms with van der Waals surface area (Å²) in [6.45, 7) is 8.55. The molecule has 3 N–H and O–H groups in total. The molecule has 0 bridgehead atoms.